The van der Waals surface area contributed by atoms with E-state index in [-0.39, 0.29) is 11.2 Å². The lowest BCUT2D eigenvalue weighted by molar-refractivity contribution is -0.119. The first-order chi connectivity index (χ1) is 8.24. The summed E-state index contributed by atoms with van der Waals surface area (Å²) in [6.07, 6.45) is 7.17. The molecule has 1 N–H and O–H groups in total. The third kappa shape index (κ3) is 3.79. The van der Waals surface area contributed by atoms with Crippen LogP contribution < -0.4 is 5.32 Å². The average Bonchev–Trinajstić information content (AvgIpc) is 2.33. The third-order valence-electron chi connectivity index (χ3n) is 2.57. The van der Waals surface area contributed by atoms with Crippen molar-refractivity contribution in [1.82, 2.24) is 5.32 Å². The molecule has 0 aliphatic heterocycles. The third-order valence-corrected chi connectivity index (χ3v) is 2.95. The highest BCUT2D eigenvalue weighted by molar-refractivity contribution is 7.81. The van der Waals surface area contributed by atoms with Crippen molar-refractivity contribution in [2.24, 2.45) is 0 Å². The molecule has 1 unspecified atom stereocenters. The van der Waals surface area contributed by atoms with E-state index in [4.69, 9.17) is 0 Å². The Labute approximate surface area is 107 Å². The molecule has 0 saturated heterocycles. The van der Waals surface area contributed by atoms with Gasteiger partial charge in [0.2, 0.25) is 5.91 Å². The van der Waals surface area contributed by atoms with Gasteiger partial charge >= 0.3 is 0 Å². The first kappa shape index (κ1) is 12.0. The summed E-state index contributed by atoms with van der Waals surface area (Å²) in [6.45, 7) is 0. The molecule has 0 saturated carbocycles. The molecule has 0 heterocycles. The van der Waals surface area contributed by atoms with Crippen LogP contribution in [0.2, 0.25) is 0 Å². The van der Waals surface area contributed by atoms with Gasteiger partial charge in [-0.2, -0.15) is 12.6 Å². The maximum Gasteiger partial charge on any atom is 0.228 e. The highest BCUT2D eigenvalue weighted by Gasteiger charge is 2.07. The fraction of sp³-hybridized carbons (Fsp3) is 0.214. The SMILES string of the molecule is O=C(Cc1ccccc1)NC1=CCC(S)C=C1. The minimum atomic E-state index is 0.0183. The number of carbonyl (C=O) groups excluding carboxylic acids is 1. The van der Waals surface area contributed by atoms with Crippen LogP contribution in [-0.4, -0.2) is 11.2 Å². The van der Waals surface area contributed by atoms with Crippen LogP contribution in [0.4, 0.5) is 0 Å². The largest absolute Gasteiger partial charge is 0.326 e. The predicted molar refractivity (Wildman–Crippen MR) is 72.9 cm³/mol. The summed E-state index contributed by atoms with van der Waals surface area (Å²) >= 11 is 4.33. The smallest absolute Gasteiger partial charge is 0.228 e. The molecular formula is C14H15NOS. The zero-order chi connectivity index (χ0) is 12.1. The van der Waals surface area contributed by atoms with Crippen LogP contribution in [-0.2, 0) is 11.2 Å². The maximum atomic E-state index is 11.8. The van der Waals surface area contributed by atoms with E-state index in [2.05, 4.69) is 17.9 Å². The lowest BCUT2D eigenvalue weighted by Crippen LogP contribution is -2.24. The quantitative estimate of drug-likeness (QED) is 0.787. The molecule has 3 heteroatoms. The first-order valence-electron chi connectivity index (χ1n) is 5.64. The number of nitrogens with one attached hydrogen (secondary N) is 1. The standard InChI is InChI=1S/C14H15NOS/c16-14(10-11-4-2-1-3-5-11)15-12-6-8-13(17)9-7-12/h1-8,13,17H,9-10H2,(H,15,16). The molecule has 1 aromatic rings. The Hall–Kier alpha value is -1.48. The van der Waals surface area contributed by atoms with Gasteiger partial charge in [0.15, 0.2) is 0 Å². The zero-order valence-electron chi connectivity index (χ0n) is 9.47. The van der Waals surface area contributed by atoms with E-state index in [1.54, 1.807) is 0 Å². The van der Waals surface area contributed by atoms with Crippen molar-refractivity contribution in [2.45, 2.75) is 18.1 Å². The summed E-state index contributed by atoms with van der Waals surface area (Å²) in [5.41, 5.74) is 1.90. The Morgan fingerprint density at radius 2 is 2.12 bits per heavy atom. The highest BCUT2D eigenvalue weighted by Crippen LogP contribution is 2.13. The second kappa shape index (κ2) is 5.73. The number of amides is 1. The minimum Gasteiger partial charge on any atom is -0.326 e. The van der Waals surface area contributed by atoms with Gasteiger partial charge in [-0.05, 0) is 18.1 Å². The number of carbonyl (C=O) groups is 1. The van der Waals surface area contributed by atoms with Crippen LogP contribution in [0.3, 0.4) is 0 Å². The summed E-state index contributed by atoms with van der Waals surface area (Å²) in [4.78, 5) is 11.8. The van der Waals surface area contributed by atoms with Gasteiger partial charge in [0.25, 0.3) is 0 Å². The van der Waals surface area contributed by atoms with Crippen molar-refractivity contribution < 1.29 is 4.79 Å². The van der Waals surface area contributed by atoms with Gasteiger partial charge in [-0.15, -0.1) is 0 Å². The lowest BCUT2D eigenvalue weighted by atomic mass is 10.1. The number of thiol groups is 1. The van der Waals surface area contributed by atoms with E-state index < -0.39 is 0 Å². The number of rotatable bonds is 3. The summed E-state index contributed by atoms with van der Waals surface area (Å²) < 4.78 is 0. The second-order valence-electron chi connectivity index (χ2n) is 4.03. The van der Waals surface area contributed by atoms with Gasteiger partial charge in [-0.1, -0.05) is 42.5 Å². The molecule has 2 nitrogen and oxygen atoms in total. The Morgan fingerprint density at radius 1 is 1.35 bits per heavy atom. The molecule has 88 valence electrons. The van der Waals surface area contributed by atoms with E-state index in [0.717, 1.165) is 17.7 Å². The number of hydrogen-bond donors (Lipinski definition) is 2. The molecule has 0 spiro atoms. The number of allylic oxidation sites excluding steroid dienone is 2. The summed E-state index contributed by atoms with van der Waals surface area (Å²) in [5.74, 6) is 0.0183. The van der Waals surface area contributed by atoms with Crippen LogP contribution in [0, 0.1) is 0 Å². The molecule has 1 aromatic carbocycles. The summed E-state index contributed by atoms with van der Waals surface area (Å²) in [5, 5.41) is 3.16. The molecule has 0 radical (unpaired) electrons. The van der Waals surface area contributed by atoms with E-state index in [1.165, 1.54) is 0 Å². The van der Waals surface area contributed by atoms with Crippen LogP contribution in [0.1, 0.15) is 12.0 Å². The lowest BCUT2D eigenvalue weighted by Gasteiger charge is -2.12. The van der Waals surface area contributed by atoms with E-state index in [9.17, 15) is 4.79 Å². The zero-order valence-corrected chi connectivity index (χ0v) is 10.4. The average molecular weight is 245 g/mol. The van der Waals surface area contributed by atoms with Gasteiger partial charge < -0.3 is 5.32 Å². The monoisotopic (exact) mass is 245 g/mol. The Morgan fingerprint density at radius 3 is 2.76 bits per heavy atom. The van der Waals surface area contributed by atoms with E-state index >= 15 is 0 Å². The molecule has 0 aromatic heterocycles. The number of hydrogen-bond acceptors (Lipinski definition) is 2. The summed E-state index contributed by atoms with van der Waals surface area (Å²) in [6, 6.07) is 9.73. The Kier molecular flexibility index (Phi) is 4.04. The highest BCUT2D eigenvalue weighted by atomic mass is 32.1. The number of benzene rings is 1. The van der Waals surface area contributed by atoms with Gasteiger partial charge in [0.1, 0.15) is 0 Å². The van der Waals surface area contributed by atoms with Crippen molar-refractivity contribution in [3.8, 4) is 0 Å². The molecule has 1 aliphatic carbocycles. The van der Waals surface area contributed by atoms with E-state index in [0.29, 0.717) is 6.42 Å². The van der Waals surface area contributed by atoms with Crippen molar-refractivity contribution in [2.75, 3.05) is 0 Å². The molecule has 0 bridgehead atoms. The first-order valence-corrected chi connectivity index (χ1v) is 6.16. The maximum absolute atomic E-state index is 11.8. The van der Waals surface area contributed by atoms with Crippen molar-refractivity contribution in [3.63, 3.8) is 0 Å². The fourth-order valence-corrected chi connectivity index (χ4v) is 1.88. The molecule has 0 fully saturated rings. The van der Waals surface area contributed by atoms with E-state index in [1.807, 2.05) is 48.6 Å². The topological polar surface area (TPSA) is 29.1 Å². The predicted octanol–water partition coefficient (Wildman–Crippen LogP) is 2.49. The molecular weight excluding hydrogens is 230 g/mol. The molecule has 17 heavy (non-hydrogen) atoms. The van der Waals surface area contributed by atoms with Gasteiger partial charge in [-0.3, -0.25) is 4.79 Å². The van der Waals surface area contributed by atoms with Gasteiger partial charge in [-0.25, -0.2) is 0 Å². The van der Waals surface area contributed by atoms with Gasteiger partial charge in [0, 0.05) is 10.9 Å². The van der Waals surface area contributed by atoms with Gasteiger partial charge in [0.05, 0.1) is 6.42 Å². The van der Waals surface area contributed by atoms with Crippen molar-refractivity contribution >= 4 is 18.5 Å². The molecule has 1 atom stereocenters. The van der Waals surface area contributed by atoms with Crippen LogP contribution in [0.5, 0.6) is 0 Å². The van der Waals surface area contributed by atoms with Crippen molar-refractivity contribution in [1.29, 1.82) is 0 Å². The molecule has 2 rings (SSSR count). The summed E-state index contributed by atoms with van der Waals surface area (Å²) in [7, 11) is 0. The van der Waals surface area contributed by atoms with Crippen LogP contribution in [0.15, 0.2) is 54.3 Å². The fourth-order valence-electron chi connectivity index (χ4n) is 1.69. The molecule has 1 aliphatic rings. The molecule has 1 amide bonds. The minimum absolute atomic E-state index is 0.0183. The van der Waals surface area contributed by atoms with Crippen molar-refractivity contribution in [3.05, 3.63) is 59.8 Å². The van der Waals surface area contributed by atoms with Crippen LogP contribution in [0.25, 0.3) is 0 Å². The Bertz CT molecular complexity index is 451. The van der Waals surface area contributed by atoms with Crippen LogP contribution >= 0.6 is 12.6 Å². The second-order valence-corrected chi connectivity index (χ2v) is 4.70. The normalized spacial score (nSPS) is 18.6. The Balaban J connectivity index is 1.88.